The minimum absolute atomic E-state index is 0.0246. The van der Waals surface area contributed by atoms with Gasteiger partial charge in [0.1, 0.15) is 5.75 Å². The SMILES string of the molecule is O=c1cc[nH]c(C(c2ccccc2)c2ccc(O)cc2)c1. The summed E-state index contributed by atoms with van der Waals surface area (Å²) in [6.45, 7) is 0. The number of phenols is 1. The Balaban J connectivity index is 2.15. The van der Waals surface area contributed by atoms with E-state index >= 15 is 0 Å². The first-order valence-electron chi connectivity index (χ1n) is 6.76. The molecule has 3 heteroatoms. The van der Waals surface area contributed by atoms with Gasteiger partial charge in [0.15, 0.2) is 5.43 Å². The number of benzene rings is 2. The first-order valence-corrected chi connectivity index (χ1v) is 6.76. The Labute approximate surface area is 122 Å². The van der Waals surface area contributed by atoms with Gasteiger partial charge in [0, 0.05) is 29.9 Å². The van der Waals surface area contributed by atoms with Gasteiger partial charge in [0.2, 0.25) is 0 Å². The van der Waals surface area contributed by atoms with Crippen LogP contribution in [0.1, 0.15) is 22.7 Å². The topological polar surface area (TPSA) is 53.1 Å². The summed E-state index contributed by atoms with van der Waals surface area (Å²) in [5.74, 6) is 0.160. The maximum absolute atomic E-state index is 11.7. The van der Waals surface area contributed by atoms with Crippen molar-refractivity contribution in [2.45, 2.75) is 5.92 Å². The van der Waals surface area contributed by atoms with E-state index in [0.717, 1.165) is 16.8 Å². The minimum Gasteiger partial charge on any atom is -0.508 e. The summed E-state index contributed by atoms with van der Waals surface area (Å²) < 4.78 is 0. The Kier molecular flexibility index (Phi) is 3.56. The number of pyridine rings is 1. The summed E-state index contributed by atoms with van der Waals surface area (Å²) >= 11 is 0. The van der Waals surface area contributed by atoms with Crippen LogP contribution in [0.3, 0.4) is 0 Å². The Hall–Kier alpha value is -2.81. The molecule has 1 heterocycles. The van der Waals surface area contributed by atoms with Crippen LogP contribution in [0.2, 0.25) is 0 Å². The summed E-state index contributed by atoms with van der Waals surface area (Å²) in [7, 11) is 0. The molecule has 0 saturated heterocycles. The average Bonchev–Trinajstić information content (AvgIpc) is 2.51. The molecule has 1 atom stereocenters. The van der Waals surface area contributed by atoms with Crippen molar-refractivity contribution in [3.8, 4) is 5.75 Å². The molecular formula is C18H15NO2. The fourth-order valence-corrected chi connectivity index (χ4v) is 2.49. The van der Waals surface area contributed by atoms with E-state index < -0.39 is 0 Å². The number of aromatic amines is 1. The van der Waals surface area contributed by atoms with Crippen LogP contribution in [-0.2, 0) is 0 Å². The second-order valence-corrected chi connectivity index (χ2v) is 4.91. The van der Waals surface area contributed by atoms with E-state index in [1.54, 1.807) is 24.4 Å². The molecule has 3 aromatic rings. The van der Waals surface area contributed by atoms with Gasteiger partial charge in [0.05, 0.1) is 0 Å². The Morgan fingerprint density at radius 1 is 0.857 bits per heavy atom. The molecule has 0 saturated carbocycles. The zero-order valence-electron chi connectivity index (χ0n) is 11.4. The highest BCUT2D eigenvalue weighted by atomic mass is 16.3. The van der Waals surface area contributed by atoms with Crippen LogP contribution in [0.5, 0.6) is 5.75 Å². The van der Waals surface area contributed by atoms with Gasteiger partial charge in [-0.1, -0.05) is 42.5 Å². The lowest BCUT2D eigenvalue weighted by molar-refractivity contribution is 0.475. The van der Waals surface area contributed by atoms with Crippen molar-refractivity contribution in [2.24, 2.45) is 0 Å². The number of aromatic hydroxyl groups is 1. The van der Waals surface area contributed by atoms with Gasteiger partial charge in [-0.25, -0.2) is 0 Å². The van der Waals surface area contributed by atoms with E-state index in [2.05, 4.69) is 4.98 Å². The van der Waals surface area contributed by atoms with E-state index in [9.17, 15) is 9.90 Å². The number of hydrogen-bond acceptors (Lipinski definition) is 2. The highest BCUT2D eigenvalue weighted by Gasteiger charge is 2.17. The highest BCUT2D eigenvalue weighted by Crippen LogP contribution is 2.30. The van der Waals surface area contributed by atoms with Gasteiger partial charge in [-0.05, 0) is 23.3 Å². The zero-order valence-corrected chi connectivity index (χ0v) is 11.4. The number of H-pyrrole nitrogens is 1. The monoisotopic (exact) mass is 277 g/mol. The van der Waals surface area contributed by atoms with E-state index in [0.29, 0.717) is 0 Å². The molecule has 0 aliphatic carbocycles. The second-order valence-electron chi connectivity index (χ2n) is 4.91. The van der Waals surface area contributed by atoms with Crippen LogP contribution < -0.4 is 5.43 Å². The number of hydrogen-bond donors (Lipinski definition) is 2. The predicted octanol–water partition coefficient (Wildman–Crippen LogP) is 3.26. The predicted molar refractivity (Wildman–Crippen MR) is 82.6 cm³/mol. The highest BCUT2D eigenvalue weighted by molar-refractivity contribution is 5.41. The molecule has 1 unspecified atom stereocenters. The third-order valence-corrected chi connectivity index (χ3v) is 3.47. The van der Waals surface area contributed by atoms with Crippen LogP contribution in [0.4, 0.5) is 0 Å². The summed E-state index contributed by atoms with van der Waals surface area (Å²) in [4.78, 5) is 14.8. The van der Waals surface area contributed by atoms with Crippen molar-refractivity contribution in [1.29, 1.82) is 0 Å². The minimum atomic E-state index is -0.0688. The van der Waals surface area contributed by atoms with Gasteiger partial charge in [0.25, 0.3) is 0 Å². The maximum Gasteiger partial charge on any atom is 0.181 e. The lowest BCUT2D eigenvalue weighted by Crippen LogP contribution is -2.09. The molecule has 3 nitrogen and oxygen atoms in total. The third-order valence-electron chi connectivity index (χ3n) is 3.47. The lowest BCUT2D eigenvalue weighted by atomic mass is 9.88. The molecule has 2 N–H and O–H groups in total. The number of phenolic OH excluding ortho intramolecular Hbond substituents is 1. The maximum atomic E-state index is 11.7. The molecule has 0 radical (unpaired) electrons. The van der Waals surface area contributed by atoms with Crippen LogP contribution in [-0.4, -0.2) is 10.1 Å². The first kappa shape index (κ1) is 13.2. The summed E-state index contributed by atoms with van der Waals surface area (Å²) in [6, 6.07) is 20.2. The summed E-state index contributed by atoms with van der Waals surface area (Å²) in [6.07, 6.45) is 1.66. The van der Waals surface area contributed by atoms with Crippen LogP contribution in [0.15, 0.2) is 77.7 Å². The molecular weight excluding hydrogens is 262 g/mol. The molecule has 2 aromatic carbocycles. The van der Waals surface area contributed by atoms with E-state index in [1.165, 1.54) is 6.07 Å². The van der Waals surface area contributed by atoms with E-state index in [4.69, 9.17) is 0 Å². The Morgan fingerprint density at radius 3 is 2.19 bits per heavy atom. The fraction of sp³-hybridized carbons (Fsp3) is 0.0556. The third kappa shape index (κ3) is 2.87. The van der Waals surface area contributed by atoms with Gasteiger partial charge in [-0.2, -0.15) is 0 Å². The largest absolute Gasteiger partial charge is 0.508 e. The standard InChI is InChI=1S/C18H15NO2/c20-15-8-6-14(7-9-15)18(13-4-2-1-3-5-13)17-12-16(21)10-11-19-17/h1-12,18,20H,(H,19,21). The molecule has 1 aromatic heterocycles. The molecule has 0 spiro atoms. The van der Waals surface area contributed by atoms with Gasteiger partial charge >= 0.3 is 0 Å². The number of rotatable bonds is 3. The lowest BCUT2D eigenvalue weighted by Gasteiger charge is -2.18. The van der Waals surface area contributed by atoms with E-state index in [1.807, 2.05) is 42.5 Å². The van der Waals surface area contributed by atoms with Crippen LogP contribution in [0.25, 0.3) is 0 Å². The van der Waals surface area contributed by atoms with Crippen molar-refractivity contribution >= 4 is 0 Å². The van der Waals surface area contributed by atoms with Crippen LogP contribution >= 0.6 is 0 Å². The molecule has 0 amide bonds. The van der Waals surface area contributed by atoms with Crippen molar-refractivity contribution in [1.82, 2.24) is 4.98 Å². The Morgan fingerprint density at radius 2 is 1.52 bits per heavy atom. The molecule has 3 rings (SSSR count). The molecule has 0 aliphatic rings. The van der Waals surface area contributed by atoms with Crippen LogP contribution in [0, 0.1) is 0 Å². The smallest absolute Gasteiger partial charge is 0.181 e. The fourth-order valence-electron chi connectivity index (χ4n) is 2.49. The molecule has 104 valence electrons. The number of nitrogens with one attached hydrogen (secondary N) is 1. The summed E-state index contributed by atoms with van der Waals surface area (Å²) in [5, 5.41) is 9.47. The number of aromatic nitrogens is 1. The average molecular weight is 277 g/mol. The normalized spacial score (nSPS) is 12.0. The molecule has 21 heavy (non-hydrogen) atoms. The summed E-state index contributed by atoms with van der Waals surface area (Å²) in [5.41, 5.74) is 2.91. The first-order chi connectivity index (χ1) is 10.2. The second kappa shape index (κ2) is 5.67. The zero-order chi connectivity index (χ0) is 14.7. The molecule has 0 bridgehead atoms. The molecule has 0 fully saturated rings. The van der Waals surface area contributed by atoms with Crippen molar-refractivity contribution in [3.63, 3.8) is 0 Å². The van der Waals surface area contributed by atoms with Gasteiger partial charge < -0.3 is 10.1 Å². The quantitative estimate of drug-likeness (QED) is 0.772. The molecule has 0 aliphatic heterocycles. The van der Waals surface area contributed by atoms with Gasteiger partial charge in [-0.3, -0.25) is 4.79 Å². The van der Waals surface area contributed by atoms with Crippen molar-refractivity contribution < 1.29 is 5.11 Å². The van der Waals surface area contributed by atoms with Crippen molar-refractivity contribution in [2.75, 3.05) is 0 Å². The Bertz CT molecular complexity index is 776. The van der Waals surface area contributed by atoms with E-state index in [-0.39, 0.29) is 17.1 Å². The van der Waals surface area contributed by atoms with Gasteiger partial charge in [-0.15, -0.1) is 0 Å². The van der Waals surface area contributed by atoms with Crippen molar-refractivity contribution in [3.05, 3.63) is 100.0 Å².